The van der Waals surface area contributed by atoms with Crippen molar-refractivity contribution in [2.75, 3.05) is 20.3 Å². The van der Waals surface area contributed by atoms with Crippen LogP contribution in [0.2, 0.25) is 0 Å². The fraction of sp³-hybridized carbons (Fsp3) is 0.467. The van der Waals surface area contributed by atoms with Crippen LogP contribution in [0.1, 0.15) is 23.6 Å². The molecule has 2 heteroatoms. The van der Waals surface area contributed by atoms with E-state index in [0.29, 0.717) is 13.2 Å². The third-order valence-electron chi connectivity index (χ3n) is 2.63. The van der Waals surface area contributed by atoms with Gasteiger partial charge < -0.3 is 9.47 Å². The second-order valence-corrected chi connectivity index (χ2v) is 4.16. The van der Waals surface area contributed by atoms with Crippen molar-refractivity contribution in [3.63, 3.8) is 0 Å². The molecular formula is C15H22O2. The maximum Gasteiger partial charge on any atom is 0.125 e. The summed E-state index contributed by atoms with van der Waals surface area (Å²) < 4.78 is 10.8. The van der Waals surface area contributed by atoms with E-state index in [-0.39, 0.29) is 0 Å². The molecule has 17 heavy (non-hydrogen) atoms. The lowest BCUT2D eigenvalue weighted by Crippen LogP contribution is -2.00. The van der Waals surface area contributed by atoms with Gasteiger partial charge in [-0.2, -0.15) is 0 Å². The monoisotopic (exact) mass is 234 g/mol. The summed E-state index contributed by atoms with van der Waals surface area (Å²) in [5.41, 5.74) is 3.78. The molecule has 0 aliphatic carbocycles. The van der Waals surface area contributed by atoms with E-state index in [0.717, 1.165) is 12.2 Å². The molecule has 1 aromatic rings. The van der Waals surface area contributed by atoms with Gasteiger partial charge in [-0.15, -0.1) is 0 Å². The average Bonchev–Trinajstić information content (AvgIpc) is 2.30. The van der Waals surface area contributed by atoms with Crippen LogP contribution >= 0.6 is 0 Å². The lowest BCUT2D eigenvalue weighted by atomic mass is 10.0. The molecule has 0 spiro atoms. The zero-order valence-electron chi connectivity index (χ0n) is 11.2. The van der Waals surface area contributed by atoms with E-state index < -0.39 is 0 Å². The predicted octanol–water partition coefficient (Wildman–Crippen LogP) is 3.45. The first kappa shape index (κ1) is 13.8. The van der Waals surface area contributed by atoms with Crippen LogP contribution in [0.4, 0.5) is 0 Å². The van der Waals surface area contributed by atoms with Crippen molar-refractivity contribution in [3.05, 3.63) is 41.0 Å². The number of ether oxygens (including phenoxy) is 2. The molecule has 1 rings (SSSR count). The number of methoxy groups -OCH3 is 1. The summed E-state index contributed by atoms with van der Waals surface area (Å²) >= 11 is 0. The Morgan fingerprint density at radius 1 is 1.12 bits per heavy atom. The standard InChI is InChI=1S/C15H22O2/c1-5-14-11-12(2)10-13(3)15(14)17-9-7-6-8-16-4/h6-7,10-11H,5,8-9H2,1-4H3/b7-6+. The van der Waals surface area contributed by atoms with Crippen molar-refractivity contribution in [2.24, 2.45) is 0 Å². The zero-order valence-corrected chi connectivity index (χ0v) is 11.2. The minimum Gasteiger partial charge on any atom is -0.489 e. The van der Waals surface area contributed by atoms with Crippen LogP contribution in [0.15, 0.2) is 24.3 Å². The van der Waals surface area contributed by atoms with Gasteiger partial charge in [-0.25, -0.2) is 0 Å². The average molecular weight is 234 g/mol. The smallest absolute Gasteiger partial charge is 0.125 e. The molecule has 94 valence electrons. The highest BCUT2D eigenvalue weighted by Crippen LogP contribution is 2.25. The van der Waals surface area contributed by atoms with Gasteiger partial charge in [0.1, 0.15) is 12.4 Å². The van der Waals surface area contributed by atoms with Gasteiger partial charge in [-0.1, -0.05) is 30.7 Å². The third-order valence-corrected chi connectivity index (χ3v) is 2.63. The van der Waals surface area contributed by atoms with E-state index >= 15 is 0 Å². The Bertz CT molecular complexity index is 381. The molecule has 0 aliphatic rings. The van der Waals surface area contributed by atoms with Crippen LogP contribution in [-0.4, -0.2) is 20.3 Å². The van der Waals surface area contributed by atoms with E-state index in [2.05, 4.69) is 32.9 Å². The van der Waals surface area contributed by atoms with Crippen molar-refractivity contribution in [1.29, 1.82) is 0 Å². The fourth-order valence-corrected chi connectivity index (χ4v) is 1.88. The van der Waals surface area contributed by atoms with Crippen LogP contribution in [0, 0.1) is 13.8 Å². The second kappa shape index (κ2) is 7.13. The Balaban J connectivity index is 2.69. The van der Waals surface area contributed by atoms with Crippen LogP contribution in [0.25, 0.3) is 0 Å². The third kappa shape index (κ3) is 4.23. The predicted molar refractivity (Wildman–Crippen MR) is 71.8 cm³/mol. The van der Waals surface area contributed by atoms with Gasteiger partial charge in [-0.05, 0) is 37.5 Å². The highest BCUT2D eigenvalue weighted by atomic mass is 16.5. The Labute approximate surface area is 104 Å². The largest absolute Gasteiger partial charge is 0.489 e. The molecule has 1 aromatic carbocycles. The molecule has 0 heterocycles. The first-order valence-electron chi connectivity index (χ1n) is 6.05. The topological polar surface area (TPSA) is 18.5 Å². The summed E-state index contributed by atoms with van der Waals surface area (Å²) in [6.45, 7) is 7.60. The van der Waals surface area contributed by atoms with Gasteiger partial charge in [0.05, 0.1) is 6.61 Å². The van der Waals surface area contributed by atoms with E-state index in [4.69, 9.17) is 9.47 Å². The maximum atomic E-state index is 5.82. The van der Waals surface area contributed by atoms with Crippen LogP contribution in [0.3, 0.4) is 0 Å². The summed E-state index contributed by atoms with van der Waals surface area (Å²) in [6, 6.07) is 4.36. The molecule has 0 saturated heterocycles. The fourth-order valence-electron chi connectivity index (χ4n) is 1.88. The van der Waals surface area contributed by atoms with Crippen molar-refractivity contribution in [1.82, 2.24) is 0 Å². The van der Waals surface area contributed by atoms with Crippen LogP contribution < -0.4 is 4.74 Å². The Kier molecular flexibility index (Phi) is 5.78. The molecule has 0 fully saturated rings. The SMILES string of the molecule is CCc1cc(C)cc(C)c1OC/C=C/COC. The molecule has 0 N–H and O–H groups in total. The van der Waals surface area contributed by atoms with Gasteiger partial charge >= 0.3 is 0 Å². The lowest BCUT2D eigenvalue weighted by molar-refractivity contribution is 0.233. The van der Waals surface area contributed by atoms with Gasteiger partial charge in [-0.3, -0.25) is 0 Å². The lowest BCUT2D eigenvalue weighted by Gasteiger charge is -2.13. The molecule has 0 aliphatic heterocycles. The number of rotatable bonds is 6. The summed E-state index contributed by atoms with van der Waals surface area (Å²) in [6.07, 6.45) is 4.96. The molecule has 0 amide bonds. The molecule has 0 unspecified atom stereocenters. The van der Waals surface area contributed by atoms with E-state index in [1.807, 2.05) is 12.2 Å². The number of hydrogen-bond acceptors (Lipinski definition) is 2. The van der Waals surface area contributed by atoms with E-state index in [1.54, 1.807) is 7.11 Å². The minimum atomic E-state index is 0.597. The van der Waals surface area contributed by atoms with E-state index in [9.17, 15) is 0 Å². The summed E-state index contributed by atoms with van der Waals surface area (Å²) in [7, 11) is 1.69. The maximum absolute atomic E-state index is 5.82. The minimum absolute atomic E-state index is 0.597. The summed E-state index contributed by atoms with van der Waals surface area (Å²) in [5, 5.41) is 0. The molecular weight excluding hydrogens is 212 g/mol. The molecule has 0 aromatic heterocycles. The molecule has 2 nitrogen and oxygen atoms in total. The van der Waals surface area contributed by atoms with Gasteiger partial charge in [0.15, 0.2) is 0 Å². The first-order valence-corrected chi connectivity index (χ1v) is 6.05. The highest BCUT2D eigenvalue weighted by molar-refractivity contribution is 5.43. The molecule has 0 bridgehead atoms. The Hall–Kier alpha value is -1.28. The number of hydrogen-bond donors (Lipinski definition) is 0. The summed E-state index contributed by atoms with van der Waals surface area (Å²) in [5.74, 6) is 1.03. The number of aryl methyl sites for hydroxylation is 3. The van der Waals surface area contributed by atoms with Crippen molar-refractivity contribution in [2.45, 2.75) is 27.2 Å². The summed E-state index contributed by atoms with van der Waals surface area (Å²) in [4.78, 5) is 0. The highest BCUT2D eigenvalue weighted by Gasteiger charge is 2.06. The second-order valence-electron chi connectivity index (χ2n) is 4.16. The van der Waals surface area contributed by atoms with Crippen molar-refractivity contribution >= 4 is 0 Å². The quantitative estimate of drug-likeness (QED) is 0.702. The Morgan fingerprint density at radius 2 is 1.82 bits per heavy atom. The molecule has 0 atom stereocenters. The van der Waals surface area contributed by atoms with Crippen molar-refractivity contribution in [3.8, 4) is 5.75 Å². The van der Waals surface area contributed by atoms with Crippen LogP contribution in [-0.2, 0) is 11.2 Å². The Morgan fingerprint density at radius 3 is 2.47 bits per heavy atom. The van der Waals surface area contributed by atoms with Crippen molar-refractivity contribution < 1.29 is 9.47 Å². The van der Waals surface area contributed by atoms with Gasteiger partial charge in [0.2, 0.25) is 0 Å². The number of benzene rings is 1. The van der Waals surface area contributed by atoms with Gasteiger partial charge in [0.25, 0.3) is 0 Å². The molecule has 0 radical (unpaired) electrons. The normalized spacial score (nSPS) is 11.1. The molecule has 0 saturated carbocycles. The van der Waals surface area contributed by atoms with Crippen LogP contribution in [0.5, 0.6) is 5.75 Å². The zero-order chi connectivity index (χ0) is 12.7. The first-order chi connectivity index (χ1) is 8.19. The van der Waals surface area contributed by atoms with Gasteiger partial charge in [0, 0.05) is 7.11 Å². The van der Waals surface area contributed by atoms with E-state index in [1.165, 1.54) is 16.7 Å².